The van der Waals surface area contributed by atoms with Crippen LogP contribution >= 0.6 is 0 Å². The lowest BCUT2D eigenvalue weighted by molar-refractivity contribution is 0.122. The molecule has 1 aliphatic heterocycles. The molecular formula is C14H20N4O. The minimum atomic E-state index is 0.782. The maximum atomic E-state index is 5.43. The van der Waals surface area contributed by atoms with E-state index in [-0.39, 0.29) is 0 Å². The van der Waals surface area contributed by atoms with Gasteiger partial charge >= 0.3 is 0 Å². The van der Waals surface area contributed by atoms with E-state index in [4.69, 9.17) is 9.72 Å². The van der Waals surface area contributed by atoms with Gasteiger partial charge in [-0.1, -0.05) is 6.92 Å². The Balaban J connectivity index is 2.17. The summed E-state index contributed by atoms with van der Waals surface area (Å²) < 4.78 is 7.41. The van der Waals surface area contributed by atoms with E-state index in [2.05, 4.69) is 29.9 Å². The van der Waals surface area contributed by atoms with Crippen molar-refractivity contribution < 1.29 is 4.74 Å². The Hall–Kier alpha value is -1.62. The highest BCUT2D eigenvalue weighted by molar-refractivity contribution is 5.57. The Kier molecular flexibility index (Phi) is 3.14. The summed E-state index contributed by atoms with van der Waals surface area (Å²) in [6.07, 6.45) is 0.942. The molecule has 5 heteroatoms. The van der Waals surface area contributed by atoms with E-state index in [1.165, 1.54) is 5.56 Å². The molecule has 102 valence electrons. The zero-order chi connectivity index (χ0) is 13.4. The normalized spacial score (nSPS) is 16.3. The van der Waals surface area contributed by atoms with Crippen LogP contribution in [-0.2, 0) is 11.2 Å². The third-order valence-corrected chi connectivity index (χ3v) is 3.79. The highest BCUT2D eigenvalue weighted by Gasteiger charge is 2.18. The third kappa shape index (κ3) is 2.08. The number of morpholine rings is 1. The summed E-state index contributed by atoms with van der Waals surface area (Å²) in [5.74, 6) is 1.14. The molecule has 0 aliphatic carbocycles. The largest absolute Gasteiger partial charge is 0.378 e. The lowest BCUT2D eigenvalue weighted by Gasteiger charge is -2.29. The minimum absolute atomic E-state index is 0.782. The third-order valence-electron chi connectivity index (χ3n) is 3.79. The van der Waals surface area contributed by atoms with E-state index < -0.39 is 0 Å². The molecular weight excluding hydrogens is 240 g/mol. The van der Waals surface area contributed by atoms with Gasteiger partial charge in [0, 0.05) is 30.4 Å². The van der Waals surface area contributed by atoms with Gasteiger partial charge in [0.25, 0.3) is 0 Å². The minimum Gasteiger partial charge on any atom is -0.378 e. The SMILES string of the molecule is CCc1cc(N2CCOCC2)n2nc(C)c(C)c2n1. The lowest BCUT2D eigenvalue weighted by atomic mass is 10.2. The molecule has 1 fully saturated rings. The quantitative estimate of drug-likeness (QED) is 0.825. The van der Waals surface area contributed by atoms with Crippen molar-refractivity contribution in [3.63, 3.8) is 0 Å². The van der Waals surface area contributed by atoms with Crippen LogP contribution in [0.5, 0.6) is 0 Å². The number of ether oxygens (including phenoxy) is 1. The highest BCUT2D eigenvalue weighted by Crippen LogP contribution is 2.22. The van der Waals surface area contributed by atoms with Gasteiger partial charge in [-0.15, -0.1) is 0 Å². The molecule has 2 aromatic rings. The van der Waals surface area contributed by atoms with Crippen molar-refractivity contribution in [2.45, 2.75) is 27.2 Å². The van der Waals surface area contributed by atoms with Gasteiger partial charge in [-0.2, -0.15) is 9.61 Å². The molecule has 1 aliphatic rings. The molecule has 2 aromatic heterocycles. The zero-order valence-electron chi connectivity index (χ0n) is 11.8. The van der Waals surface area contributed by atoms with Gasteiger partial charge in [0.2, 0.25) is 0 Å². The molecule has 3 rings (SSSR count). The number of rotatable bonds is 2. The van der Waals surface area contributed by atoms with Gasteiger partial charge in [0.1, 0.15) is 5.82 Å². The molecule has 0 atom stereocenters. The number of fused-ring (bicyclic) bond motifs is 1. The van der Waals surface area contributed by atoms with Crippen LogP contribution in [0, 0.1) is 13.8 Å². The number of aryl methyl sites for hydroxylation is 3. The van der Waals surface area contributed by atoms with Crippen LogP contribution in [0.4, 0.5) is 5.82 Å². The van der Waals surface area contributed by atoms with Crippen LogP contribution in [0.3, 0.4) is 0 Å². The first kappa shape index (κ1) is 12.4. The summed E-state index contributed by atoms with van der Waals surface area (Å²) in [5, 5.41) is 4.63. The standard InChI is InChI=1S/C14H20N4O/c1-4-12-9-13(17-5-7-19-8-6-17)18-14(15-12)10(2)11(3)16-18/h9H,4-8H2,1-3H3. The molecule has 0 spiro atoms. The Bertz CT molecular complexity index is 599. The molecule has 0 N–H and O–H groups in total. The first-order valence-electron chi connectivity index (χ1n) is 6.89. The van der Waals surface area contributed by atoms with E-state index in [9.17, 15) is 0 Å². The molecule has 0 radical (unpaired) electrons. The predicted octanol–water partition coefficient (Wildman–Crippen LogP) is 1.75. The van der Waals surface area contributed by atoms with Crippen molar-refractivity contribution >= 4 is 11.5 Å². The van der Waals surface area contributed by atoms with Crippen molar-refractivity contribution in [3.8, 4) is 0 Å². The van der Waals surface area contributed by atoms with Crippen LogP contribution in [-0.4, -0.2) is 40.9 Å². The average Bonchev–Trinajstić information content (AvgIpc) is 2.74. The van der Waals surface area contributed by atoms with Crippen LogP contribution in [0.15, 0.2) is 6.07 Å². The smallest absolute Gasteiger partial charge is 0.160 e. The van der Waals surface area contributed by atoms with Crippen molar-refractivity contribution in [3.05, 3.63) is 23.0 Å². The first-order chi connectivity index (χ1) is 9.20. The molecule has 1 saturated heterocycles. The van der Waals surface area contributed by atoms with Crippen LogP contribution in [0.1, 0.15) is 23.9 Å². The monoisotopic (exact) mass is 260 g/mol. The van der Waals surface area contributed by atoms with Crippen LogP contribution in [0.2, 0.25) is 0 Å². The molecule has 5 nitrogen and oxygen atoms in total. The van der Waals surface area contributed by atoms with Crippen molar-refractivity contribution in [2.75, 3.05) is 31.2 Å². The number of nitrogens with zero attached hydrogens (tertiary/aromatic N) is 4. The molecule has 0 aromatic carbocycles. The van der Waals surface area contributed by atoms with E-state index in [0.29, 0.717) is 0 Å². The Morgan fingerprint density at radius 3 is 2.68 bits per heavy atom. The first-order valence-corrected chi connectivity index (χ1v) is 6.89. The van der Waals surface area contributed by atoms with Crippen molar-refractivity contribution in [1.82, 2.24) is 14.6 Å². The number of anilines is 1. The molecule has 0 bridgehead atoms. The van der Waals surface area contributed by atoms with Gasteiger partial charge < -0.3 is 9.64 Å². The van der Waals surface area contributed by atoms with Gasteiger partial charge in [0.15, 0.2) is 5.65 Å². The Morgan fingerprint density at radius 2 is 2.00 bits per heavy atom. The van der Waals surface area contributed by atoms with Gasteiger partial charge in [0.05, 0.1) is 18.9 Å². The average molecular weight is 260 g/mol. The maximum absolute atomic E-state index is 5.43. The highest BCUT2D eigenvalue weighted by atomic mass is 16.5. The summed E-state index contributed by atoms with van der Waals surface area (Å²) in [5.41, 5.74) is 4.33. The van der Waals surface area contributed by atoms with E-state index in [1.54, 1.807) is 0 Å². The second-order valence-corrected chi connectivity index (χ2v) is 5.00. The van der Waals surface area contributed by atoms with Crippen molar-refractivity contribution in [2.24, 2.45) is 0 Å². The molecule has 3 heterocycles. The van der Waals surface area contributed by atoms with Crippen LogP contribution < -0.4 is 4.90 Å². The lowest BCUT2D eigenvalue weighted by Crippen LogP contribution is -2.37. The van der Waals surface area contributed by atoms with E-state index >= 15 is 0 Å². The van der Waals surface area contributed by atoms with Gasteiger partial charge in [-0.05, 0) is 20.3 Å². The Morgan fingerprint density at radius 1 is 1.26 bits per heavy atom. The summed E-state index contributed by atoms with van der Waals surface area (Å²) in [6, 6.07) is 2.16. The summed E-state index contributed by atoms with van der Waals surface area (Å²) in [7, 11) is 0. The molecule has 0 unspecified atom stereocenters. The number of aromatic nitrogens is 3. The number of hydrogen-bond acceptors (Lipinski definition) is 4. The summed E-state index contributed by atoms with van der Waals surface area (Å²) in [6.45, 7) is 9.67. The van der Waals surface area contributed by atoms with Crippen molar-refractivity contribution in [1.29, 1.82) is 0 Å². The predicted molar refractivity (Wildman–Crippen MR) is 74.9 cm³/mol. The molecule has 0 amide bonds. The second kappa shape index (κ2) is 4.81. The summed E-state index contributed by atoms with van der Waals surface area (Å²) >= 11 is 0. The van der Waals surface area contributed by atoms with Gasteiger partial charge in [-0.25, -0.2) is 4.98 Å². The van der Waals surface area contributed by atoms with E-state index in [1.807, 2.05) is 11.4 Å². The van der Waals surface area contributed by atoms with E-state index in [0.717, 1.165) is 55.6 Å². The number of hydrogen-bond donors (Lipinski definition) is 0. The van der Waals surface area contributed by atoms with Gasteiger partial charge in [-0.3, -0.25) is 0 Å². The summed E-state index contributed by atoms with van der Waals surface area (Å²) in [4.78, 5) is 7.05. The fraction of sp³-hybridized carbons (Fsp3) is 0.571. The zero-order valence-corrected chi connectivity index (χ0v) is 11.8. The van der Waals surface area contributed by atoms with Crippen LogP contribution in [0.25, 0.3) is 5.65 Å². The Labute approximate surface area is 113 Å². The maximum Gasteiger partial charge on any atom is 0.160 e. The molecule has 19 heavy (non-hydrogen) atoms. The second-order valence-electron chi connectivity index (χ2n) is 5.00. The molecule has 0 saturated carbocycles. The fourth-order valence-corrected chi connectivity index (χ4v) is 2.46. The topological polar surface area (TPSA) is 42.7 Å². The fourth-order valence-electron chi connectivity index (χ4n) is 2.46.